The molecule has 0 aliphatic rings. The van der Waals surface area contributed by atoms with Crippen molar-refractivity contribution >= 4 is 17.0 Å². The van der Waals surface area contributed by atoms with Gasteiger partial charge in [0.05, 0.1) is 11.0 Å². The summed E-state index contributed by atoms with van der Waals surface area (Å²) in [5, 5.41) is 0. The Hall–Kier alpha value is -4.38. The number of benzene rings is 4. The number of hydrogen-bond donors (Lipinski definition) is 0. The highest BCUT2D eigenvalue weighted by atomic mass is 16.6. The summed E-state index contributed by atoms with van der Waals surface area (Å²) in [6.07, 6.45) is 0. The summed E-state index contributed by atoms with van der Waals surface area (Å²) in [6.45, 7) is 0.558. The maximum Gasteiger partial charge on any atom is 0.349 e. The Morgan fingerprint density at radius 2 is 1.39 bits per heavy atom. The molecule has 5 aromatic rings. The smallest absolute Gasteiger partial charge is 0.349 e. The van der Waals surface area contributed by atoms with Gasteiger partial charge in [0.2, 0.25) is 0 Å². The SMILES string of the molecule is O=C(COc1ccccc1)Oc1ccc(-c2nc3ccccc3n2Cc2ccccc2)cc1. The minimum absolute atomic E-state index is 0.154. The van der Waals surface area contributed by atoms with Crippen LogP contribution in [0.2, 0.25) is 0 Å². The van der Waals surface area contributed by atoms with E-state index in [0.717, 1.165) is 22.4 Å². The van der Waals surface area contributed by atoms with Crippen LogP contribution in [0.25, 0.3) is 22.4 Å². The Labute approximate surface area is 191 Å². The van der Waals surface area contributed by atoms with E-state index in [2.05, 4.69) is 22.8 Å². The summed E-state index contributed by atoms with van der Waals surface area (Å²) in [4.78, 5) is 17.0. The monoisotopic (exact) mass is 434 g/mol. The maximum absolute atomic E-state index is 12.2. The molecule has 0 saturated heterocycles. The van der Waals surface area contributed by atoms with E-state index in [1.54, 1.807) is 24.3 Å². The van der Waals surface area contributed by atoms with Gasteiger partial charge >= 0.3 is 5.97 Å². The molecule has 5 rings (SSSR count). The topological polar surface area (TPSA) is 53.4 Å². The van der Waals surface area contributed by atoms with Crippen molar-refractivity contribution in [2.75, 3.05) is 6.61 Å². The second-order valence-electron chi connectivity index (χ2n) is 7.60. The second kappa shape index (κ2) is 9.40. The molecule has 1 heterocycles. The number of aromatic nitrogens is 2. The van der Waals surface area contributed by atoms with Gasteiger partial charge in [0.1, 0.15) is 17.3 Å². The fourth-order valence-corrected chi connectivity index (χ4v) is 3.71. The van der Waals surface area contributed by atoms with Gasteiger partial charge in [-0.25, -0.2) is 9.78 Å². The molecule has 1 aromatic heterocycles. The molecular formula is C28H22N2O3. The van der Waals surface area contributed by atoms with Crippen LogP contribution < -0.4 is 9.47 Å². The molecular weight excluding hydrogens is 412 g/mol. The molecule has 0 unspecified atom stereocenters. The van der Waals surface area contributed by atoms with Crippen LogP contribution in [0.5, 0.6) is 11.5 Å². The summed E-state index contributed by atoms with van der Waals surface area (Å²) < 4.78 is 13.1. The minimum atomic E-state index is -0.456. The van der Waals surface area contributed by atoms with Crippen LogP contribution >= 0.6 is 0 Å². The Bertz CT molecular complexity index is 1360. The second-order valence-corrected chi connectivity index (χ2v) is 7.60. The third-order valence-corrected chi connectivity index (χ3v) is 5.28. The number of nitrogens with zero attached hydrogens (tertiary/aromatic N) is 2. The van der Waals surface area contributed by atoms with Crippen molar-refractivity contribution in [3.05, 3.63) is 115 Å². The molecule has 0 amide bonds. The lowest BCUT2D eigenvalue weighted by Gasteiger charge is -2.11. The molecule has 0 aliphatic heterocycles. The van der Waals surface area contributed by atoms with Crippen molar-refractivity contribution < 1.29 is 14.3 Å². The number of ether oxygens (including phenoxy) is 2. The van der Waals surface area contributed by atoms with Crippen LogP contribution in [0.1, 0.15) is 5.56 Å². The summed E-state index contributed by atoms with van der Waals surface area (Å²) in [7, 11) is 0. The van der Waals surface area contributed by atoms with E-state index in [4.69, 9.17) is 14.5 Å². The molecule has 33 heavy (non-hydrogen) atoms. The zero-order chi connectivity index (χ0) is 22.5. The molecule has 0 N–H and O–H groups in total. The van der Waals surface area contributed by atoms with Crippen LogP contribution in [-0.4, -0.2) is 22.1 Å². The molecule has 5 nitrogen and oxygen atoms in total. The molecule has 0 aliphatic carbocycles. The summed E-state index contributed by atoms with van der Waals surface area (Å²) >= 11 is 0. The molecule has 0 saturated carbocycles. The highest BCUT2D eigenvalue weighted by Gasteiger charge is 2.14. The Balaban J connectivity index is 1.35. The quantitative estimate of drug-likeness (QED) is 0.242. The number of carbonyl (C=O) groups excluding carboxylic acids is 1. The largest absolute Gasteiger partial charge is 0.482 e. The number of carbonyl (C=O) groups is 1. The first-order valence-corrected chi connectivity index (χ1v) is 10.7. The molecule has 5 heteroatoms. The van der Waals surface area contributed by atoms with Crippen molar-refractivity contribution in [1.29, 1.82) is 0 Å². The molecule has 0 radical (unpaired) electrons. The Morgan fingerprint density at radius 1 is 0.727 bits per heavy atom. The first-order chi connectivity index (χ1) is 16.3. The van der Waals surface area contributed by atoms with Crippen molar-refractivity contribution in [1.82, 2.24) is 9.55 Å². The van der Waals surface area contributed by atoms with Gasteiger partial charge < -0.3 is 14.0 Å². The summed E-state index contributed by atoms with van der Waals surface area (Å²) in [6, 6.07) is 35.0. The van der Waals surface area contributed by atoms with Gasteiger partial charge in [-0.2, -0.15) is 0 Å². The van der Waals surface area contributed by atoms with Crippen molar-refractivity contribution in [3.63, 3.8) is 0 Å². The standard InChI is InChI=1S/C28H22N2O3/c31-27(20-32-23-11-5-2-6-12-23)33-24-17-15-22(16-18-24)28-29-25-13-7-8-14-26(25)30(28)19-21-9-3-1-4-10-21/h1-18H,19-20H2. The van der Waals surface area contributed by atoms with Crippen LogP contribution in [0.4, 0.5) is 0 Å². The van der Waals surface area contributed by atoms with Gasteiger partial charge in [0, 0.05) is 12.1 Å². The van der Waals surface area contributed by atoms with E-state index in [1.807, 2.05) is 66.7 Å². The minimum Gasteiger partial charge on any atom is -0.482 e. The zero-order valence-electron chi connectivity index (χ0n) is 17.9. The number of rotatable bonds is 7. The van der Waals surface area contributed by atoms with E-state index < -0.39 is 5.97 Å². The van der Waals surface area contributed by atoms with Crippen molar-refractivity contribution in [2.45, 2.75) is 6.54 Å². The lowest BCUT2D eigenvalue weighted by Crippen LogP contribution is -2.17. The van der Waals surface area contributed by atoms with E-state index in [0.29, 0.717) is 18.0 Å². The number of para-hydroxylation sites is 3. The van der Waals surface area contributed by atoms with Gasteiger partial charge in [-0.3, -0.25) is 0 Å². The maximum atomic E-state index is 12.2. The fraction of sp³-hybridized carbons (Fsp3) is 0.0714. The number of imidazole rings is 1. The van der Waals surface area contributed by atoms with E-state index in [9.17, 15) is 4.79 Å². The highest BCUT2D eigenvalue weighted by Crippen LogP contribution is 2.27. The normalized spacial score (nSPS) is 10.8. The van der Waals surface area contributed by atoms with Gasteiger partial charge in [-0.15, -0.1) is 0 Å². The number of hydrogen-bond acceptors (Lipinski definition) is 4. The number of fused-ring (bicyclic) bond motifs is 1. The Morgan fingerprint density at radius 3 is 2.15 bits per heavy atom. The predicted molar refractivity (Wildman–Crippen MR) is 128 cm³/mol. The highest BCUT2D eigenvalue weighted by molar-refractivity contribution is 5.81. The summed E-state index contributed by atoms with van der Waals surface area (Å²) in [5.41, 5.74) is 4.16. The predicted octanol–water partition coefficient (Wildman–Crippen LogP) is 5.74. The van der Waals surface area contributed by atoms with Crippen molar-refractivity contribution in [2.24, 2.45) is 0 Å². The first-order valence-electron chi connectivity index (χ1n) is 10.7. The third kappa shape index (κ3) is 4.77. The van der Waals surface area contributed by atoms with Gasteiger partial charge in [-0.1, -0.05) is 60.7 Å². The van der Waals surface area contributed by atoms with Gasteiger partial charge in [-0.05, 0) is 54.1 Å². The van der Waals surface area contributed by atoms with Crippen molar-refractivity contribution in [3.8, 4) is 22.9 Å². The fourth-order valence-electron chi connectivity index (χ4n) is 3.71. The molecule has 4 aromatic carbocycles. The molecule has 0 bridgehead atoms. The van der Waals surface area contributed by atoms with Gasteiger partial charge in [0.15, 0.2) is 6.61 Å². The van der Waals surface area contributed by atoms with Crippen LogP contribution in [0.3, 0.4) is 0 Å². The molecule has 0 fully saturated rings. The molecule has 0 spiro atoms. The zero-order valence-corrected chi connectivity index (χ0v) is 17.9. The van der Waals surface area contributed by atoms with Crippen LogP contribution in [0.15, 0.2) is 109 Å². The average Bonchev–Trinajstić information content (AvgIpc) is 3.23. The first kappa shape index (κ1) is 20.5. The lowest BCUT2D eigenvalue weighted by molar-refractivity contribution is -0.136. The average molecular weight is 434 g/mol. The van der Waals surface area contributed by atoms with Crippen LogP contribution in [0, 0.1) is 0 Å². The Kier molecular flexibility index (Phi) is 5.85. The van der Waals surface area contributed by atoms with E-state index in [-0.39, 0.29) is 6.61 Å². The van der Waals surface area contributed by atoms with E-state index >= 15 is 0 Å². The molecule has 0 atom stereocenters. The molecule has 162 valence electrons. The summed E-state index contributed by atoms with van der Waals surface area (Å²) in [5.74, 6) is 1.50. The van der Waals surface area contributed by atoms with E-state index in [1.165, 1.54) is 5.56 Å². The van der Waals surface area contributed by atoms with Crippen LogP contribution in [-0.2, 0) is 11.3 Å². The lowest BCUT2D eigenvalue weighted by atomic mass is 10.2. The third-order valence-electron chi connectivity index (χ3n) is 5.28. The number of esters is 1. The van der Waals surface area contributed by atoms with Gasteiger partial charge in [0.25, 0.3) is 0 Å².